The number of rotatable bonds is 9. The van der Waals surface area contributed by atoms with Gasteiger partial charge in [-0.2, -0.15) is 13.2 Å². The molecule has 1 aliphatic rings. The van der Waals surface area contributed by atoms with Crippen molar-refractivity contribution in [3.05, 3.63) is 59.9 Å². The predicted octanol–water partition coefficient (Wildman–Crippen LogP) is 6.16. The molecule has 1 amide bonds. The summed E-state index contributed by atoms with van der Waals surface area (Å²) in [6.07, 6.45) is -0.974. The first-order valence-electron chi connectivity index (χ1n) is 12.5. The van der Waals surface area contributed by atoms with Gasteiger partial charge in [-0.3, -0.25) is 14.7 Å². The van der Waals surface area contributed by atoms with Crippen molar-refractivity contribution in [1.29, 1.82) is 0 Å². The van der Waals surface area contributed by atoms with Gasteiger partial charge in [0, 0.05) is 18.3 Å². The number of ether oxygens (including phenoxy) is 1. The molecule has 0 bridgehead atoms. The normalized spacial score (nSPS) is 15.7. The number of methoxy groups -OCH3 is 1. The van der Waals surface area contributed by atoms with Crippen LogP contribution in [-0.2, 0) is 6.42 Å². The first-order valence-corrected chi connectivity index (χ1v) is 13.2. The Morgan fingerprint density at radius 1 is 1.16 bits per heavy atom. The van der Waals surface area contributed by atoms with Crippen LogP contribution in [0.3, 0.4) is 0 Å². The molecule has 206 valence electrons. The van der Waals surface area contributed by atoms with Gasteiger partial charge in [-0.25, -0.2) is 3.97 Å². The van der Waals surface area contributed by atoms with Crippen LogP contribution in [0.5, 0.6) is 5.75 Å². The van der Waals surface area contributed by atoms with Crippen molar-refractivity contribution >= 4 is 29.3 Å². The van der Waals surface area contributed by atoms with Crippen molar-refractivity contribution in [3.63, 3.8) is 0 Å². The second-order valence-electron chi connectivity index (χ2n) is 10.4. The summed E-state index contributed by atoms with van der Waals surface area (Å²) in [6.45, 7) is 4.30. The Bertz CT molecular complexity index is 1260. The second kappa shape index (κ2) is 11.5. The summed E-state index contributed by atoms with van der Waals surface area (Å²) < 4.78 is 60.6. The summed E-state index contributed by atoms with van der Waals surface area (Å²) in [5.41, 5.74) is 1.51. The van der Waals surface area contributed by atoms with E-state index < -0.39 is 18.6 Å². The van der Waals surface area contributed by atoms with Crippen LogP contribution < -0.4 is 4.74 Å². The number of carbonyl (C=O) groups excluding carboxylic acids is 1. The molecule has 1 aliphatic heterocycles. The monoisotopic (exact) mass is 552 g/mol. The Labute approximate surface area is 224 Å². The number of pyridine rings is 1. The number of hydrogen-bond donors (Lipinski definition) is 0. The number of hydrogen-bond acceptors (Lipinski definition) is 5. The number of amides is 1. The molecule has 0 radical (unpaired) electrons. The van der Waals surface area contributed by atoms with E-state index in [4.69, 9.17) is 4.74 Å². The minimum absolute atomic E-state index is 0.0472. The summed E-state index contributed by atoms with van der Waals surface area (Å²) in [5, 5.41) is 0. The number of carbonyl (C=O) groups is 1. The fraction of sp³-hybridized carbons (Fsp3) is 0.481. The van der Waals surface area contributed by atoms with Crippen molar-refractivity contribution in [2.45, 2.75) is 44.8 Å². The lowest BCUT2D eigenvalue weighted by Crippen LogP contribution is -2.51. The van der Waals surface area contributed by atoms with Gasteiger partial charge in [-0.05, 0) is 88.0 Å². The largest absolute Gasteiger partial charge is 0.497 e. The molecule has 38 heavy (non-hydrogen) atoms. The average Bonchev–Trinajstić information content (AvgIpc) is 3.26. The Morgan fingerprint density at radius 3 is 2.55 bits per heavy atom. The van der Waals surface area contributed by atoms with Crippen LogP contribution in [-0.4, -0.2) is 69.7 Å². The van der Waals surface area contributed by atoms with Gasteiger partial charge in [0.1, 0.15) is 18.0 Å². The van der Waals surface area contributed by atoms with E-state index in [0.717, 1.165) is 26.6 Å². The summed E-state index contributed by atoms with van der Waals surface area (Å²) in [6, 6.07) is 12.4. The van der Waals surface area contributed by atoms with Crippen LogP contribution in [0.1, 0.15) is 42.7 Å². The molecule has 0 spiro atoms. The van der Waals surface area contributed by atoms with Crippen LogP contribution in [0, 0.1) is 5.92 Å². The van der Waals surface area contributed by atoms with E-state index in [1.165, 1.54) is 12.3 Å². The van der Waals surface area contributed by atoms with Gasteiger partial charge in [-0.1, -0.05) is 12.1 Å². The van der Waals surface area contributed by atoms with Gasteiger partial charge >= 0.3 is 6.18 Å². The van der Waals surface area contributed by atoms with E-state index in [1.54, 1.807) is 19.2 Å². The van der Waals surface area contributed by atoms with Gasteiger partial charge in [0.15, 0.2) is 12.3 Å². The molecule has 1 saturated heterocycles. The fourth-order valence-electron chi connectivity index (χ4n) is 5.26. The summed E-state index contributed by atoms with van der Waals surface area (Å²) in [4.78, 5) is 20.6. The van der Waals surface area contributed by atoms with Gasteiger partial charge in [0.2, 0.25) is 0 Å². The van der Waals surface area contributed by atoms with Crippen molar-refractivity contribution in [1.82, 2.24) is 18.8 Å². The van der Waals surface area contributed by atoms with Crippen molar-refractivity contribution in [3.8, 4) is 5.75 Å². The maximum Gasteiger partial charge on any atom is 0.406 e. The van der Waals surface area contributed by atoms with Crippen LogP contribution >= 0.6 is 12.3 Å². The Hall–Kier alpha value is -2.79. The zero-order chi connectivity index (χ0) is 27.5. The highest BCUT2D eigenvalue weighted by Gasteiger charge is 2.37. The number of aromatic nitrogens is 2. The minimum atomic E-state index is -4.58. The molecule has 0 atom stereocenters. The number of piperidine rings is 1. The maximum absolute atomic E-state index is 13.8. The van der Waals surface area contributed by atoms with E-state index in [-0.39, 0.29) is 36.0 Å². The molecule has 0 N–H and O–H groups in total. The van der Waals surface area contributed by atoms with E-state index in [2.05, 4.69) is 29.8 Å². The molecule has 0 aliphatic carbocycles. The molecule has 2 aromatic heterocycles. The smallest absolute Gasteiger partial charge is 0.406 e. The lowest BCUT2D eigenvalue weighted by molar-refractivity contribution is -0.142. The Balaban J connectivity index is 1.45. The van der Waals surface area contributed by atoms with E-state index >= 15 is 0 Å². The van der Waals surface area contributed by atoms with E-state index in [9.17, 15) is 21.9 Å². The molecule has 0 saturated carbocycles. The Morgan fingerprint density at radius 2 is 1.89 bits per heavy atom. The van der Waals surface area contributed by atoms with Gasteiger partial charge in [0.05, 0.1) is 18.1 Å². The third-order valence-electron chi connectivity index (χ3n) is 7.19. The third kappa shape index (κ3) is 6.61. The second-order valence-corrected chi connectivity index (χ2v) is 10.9. The SMILES string of the molecule is COc1cccc(CC(C)(C)N2CCC(CN(CC(F)(F)F)C(=O)c3cc4ncccc4n3SF)CC2)c1. The predicted molar refractivity (Wildman–Crippen MR) is 141 cm³/mol. The molecule has 6 nitrogen and oxygen atoms in total. The molecule has 4 rings (SSSR count). The van der Waals surface area contributed by atoms with Crippen molar-refractivity contribution in [2.24, 2.45) is 5.92 Å². The van der Waals surface area contributed by atoms with Crippen LogP contribution in [0.15, 0.2) is 48.7 Å². The first kappa shape index (κ1) is 28.2. The topological polar surface area (TPSA) is 50.6 Å². The maximum atomic E-state index is 13.8. The minimum Gasteiger partial charge on any atom is -0.497 e. The van der Waals surface area contributed by atoms with Gasteiger partial charge in [-0.15, -0.1) is 3.89 Å². The zero-order valence-electron chi connectivity index (χ0n) is 21.7. The molecular weight excluding hydrogens is 520 g/mol. The van der Waals surface area contributed by atoms with Crippen LogP contribution in [0.2, 0.25) is 0 Å². The number of benzene rings is 1. The van der Waals surface area contributed by atoms with Crippen LogP contribution in [0.25, 0.3) is 11.0 Å². The zero-order valence-corrected chi connectivity index (χ0v) is 22.5. The number of halogens is 4. The first-order chi connectivity index (χ1) is 18.0. The number of nitrogens with zero attached hydrogens (tertiary/aromatic N) is 4. The highest BCUT2D eigenvalue weighted by atomic mass is 32.2. The van der Waals surface area contributed by atoms with Crippen molar-refractivity contribution < 1.29 is 26.6 Å². The van der Waals surface area contributed by atoms with E-state index in [1.807, 2.05) is 18.2 Å². The number of fused-ring (bicyclic) bond motifs is 1. The van der Waals surface area contributed by atoms with Crippen molar-refractivity contribution in [2.75, 3.05) is 33.3 Å². The number of likely N-dealkylation sites (tertiary alicyclic amines) is 1. The molecular formula is C27H32F4N4O2S. The van der Waals surface area contributed by atoms with E-state index in [0.29, 0.717) is 37.0 Å². The molecule has 1 fully saturated rings. The highest BCUT2D eigenvalue weighted by Crippen LogP contribution is 2.31. The quantitative estimate of drug-likeness (QED) is 0.298. The lowest BCUT2D eigenvalue weighted by atomic mass is 9.88. The van der Waals surface area contributed by atoms with Gasteiger partial charge in [0.25, 0.3) is 5.91 Å². The highest BCUT2D eigenvalue weighted by molar-refractivity contribution is 7.93. The number of alkyl halides is 3. The molecule has 11 heteroatoms. The molecule has 0 unspecified atom stereocenters. The van der Waals surface area contributed by atoms with Gasteiger partial charge < -0.3 is 9.64 Å². The molecule has 3 aromatic rings. The summed E-state index contributed by atoms with van der Waals surface area (Å²) in [5.74, 6) is -0.155. The van der Waals surface area contributed by atoms with Crippen LogP contribution in [0.4, 0.5) is 17.1 Å². The third-order valence-corrected chi connectivity index (χ3v) is 7.72. The Kier molecular flexibility index (Phi) is 8.56. The summed E-state index contributed by atoms with van der Waals surface area (Å²) >= 11 is -0.219. The summed E-state index contributed by atoms with van der Waals surface area (Å²) in [7, 11) is 1.63. The molecule has 3 heterocycles. The lowest BCUT2D eigenvalue weighted by Gasteiger charge is -2.44. The average molecular weight is 553 g/mol. The fourth-order valence-corrected chi connectivity index (χ4v) is 5.69. The standard InChI is InChI=1S/C27H32F4N4O2S/c1-26(2,16-20-6-4-7-21(14-20)37-3)34-12-9-19(10-13-34)17-33(18-27(28,29)30)25(36)24-15-22-23(35(24)38-31)8-5-11-32-22/h4-8,11,14-15,19H,9-10,12-13,16-18H2,1-3H3. The molecule has 1 aromatic carbocycles.